The van der Waals surface area contributed by atoms with Gasteiger partial charge in [-0.25, -0.2) is 0 Å². The first-order chi connectivity index (χ1) is 9.31. The lowest BCUT2D eigenvalue weighted by Crippen LogP contribution is -2.30. The van der Waals surface area contributed by atoms with Crippen LogP contribution in [0.1, 0.15) is 22.8 Å². The number of rotatable bonds is 5. The van der Waals surface area contributed by atoms with Crippen molar-refractivity contribution in [1.29, 1.82) is 0 Å². The highest BCUT2D eigenvalue weighted by Crippen LogP contribution is 2.32. The molecule has 20 heavy (non-hydrogen) atoms. The third kappa shape index (κ3) is 3.86. The molecule has 0 saturated carbocycles. The summed E-state index contributed by atoms with van der Waals surface area (Å²) in [4.78, 5) is 13.3. The Bertz CT molecular complexity index is 475. The molecule has 0 aromatic heterocycles. The van der Waals surface area contributed by atoms with E-state index in [1.807, 2.05) is 0 Å². The summed E-state index contributed by atoms with van der Waals surface area (Å²) in [6, 6.07) is 3.00. The number of alkyl halides is 3. The van der Waals surface area contributed by atoms with Gasteiger partial charge in [-0.3, -0.25) is 4.79 Å². The van der Waals surface area contributed by atoms with Gasteiger partial charge in [0.15, 0.2) is 0 Å². The van der Waals surface area contributed by atoms with Gasteiger partial charge in [-0.05, 0) is 25.1 Å². The van der Waals surface area contributed by atoms with E-state index in [0.717, 1.165) is 12.1 Å². The lowest BCUT2D eigenvalue weighted by atomic mass is 10.1. The van der Waals surface area contributed by atoms with Gasteiger partial charge in [-0.15, -0.1) is 0 Å². The zero-order valence-electron chi connectivity index (χ0n) is 11.3. The highest BCUT2D eigenvalue weighted by atomic mass is 19.4. The molecular weight excluding hydrogens is 273 g/mol. The summed E-state index contributed by atoms with van der Waals surface area (Å²) in [6.07, 6.45) is -4.50. The predicted molar refractivity (Wildman–Crippen MR) is 69.7 cm³/mol. The summed E-state index contributed by atoms with van der Waals surface area (Å²) in [7, 11) is 1.43. The zero-order valence-corrected chi connectivity index (χ0v) is 11.3. The number of anilines is 1. The Kier molecular flexibility index (Phi) is 5.38. The van der Waals surface area contributed by atoms with E-state index in [1.165, 1.54) is 18.0 Å². The van der Waals surface area contributed by atoms with Gasteiger partial charge in [-0.2, -0.15) is 13.2 Å². The molecule has 0 bridgehead atoms. The summed E-state index contributed by atoms with van der Waals surface area (Å²) >= 11 is 0. The van der Waals surface area contributed by atoms with Gasteiger partial charge in [0.1, 0.15) is 0 Å². The van der Waals surface area contributed by atoms with Crippen LogP contribution in [0.5, 0.6) is 0 Å². The number of hydrogen-bond donors (Lipinski definition) is 2. The van der Waals surface area contributed by atoms with Crippen LogP contribution in [0.25, 0.3) is 0 Å². The number of nitrogens with zero attached hydrogens (tertiary/aromatic N) is 1. The van der Waals surface area contributed by atoms with Crippen molar-refractivity contribution >= 4 is 11.6 Å². The fraction of sp³-hybridized carbons (Fsp3) is 0.462. The van der Waals surface area contributed by atoms with E-state index >= 15 is 0 Å². The molecule has 0 aliphatic carbocycles. The summed E-state index contributed by atoms with van der Waals surface area (Å²) in [6.45, 7) is 2.07. The Hall–Kier alpha value is -1.76. The summed E-state index contributed by atoms with van der Waals surface area (Å²) in [5.41, 5.74) is -0.590. The van der Waals surface area contributed by atoms with Gasteiger partial charge in [-0.1, -0.05) is 0 Å². The van der Waals surface area contributed by atoms with Crippen LogP contribution >= 0.6 is 0 Å². The number of amides is 1. The first kappa shape index (κ1) is 16.3. The first-order valence-corrected chi connectivity index (χ1v) is 6.12. The fourth-order valence-electron chi connectivity index (χ4n) is 1.70. The van der Waals surface area contributed by atoms with E-state index < -0.39 is 17.6 Å². The Labute approximate surface area is 115 Å². The van der Waals surface area contributed by atoms with Crippen LogP contribution in [0.2, 0.25) is 0 Å². The minimum atomic E-state index is -4.50. The Morgan fingerprint density at radius 3 is 2.55 bits per heavy atom. The van der Waals surface area contributed by atoms with E-state index in [-0.39, 0.29) is 18.7 Å². The molecule has 4 nitrogen and oxygen atoms in total. The second-order valence-corrected chi connectivity index (χ2v) is 4.24. The molecule has 0 atom stereocenters. The van der Waals surface area contributed by atoms with E-state index in [9.17, 15) is 18.0 Å². The molecule has 1 aromatic rings. The van der Waals surface area contributed by atoms with E-state index in [1.54, 1.807) is 6.92 Å². The van der Waals surface area contributed by atoms with E-state index in [0.29, 0.717) is 12.2 Å². The standard InChI is InChI=1S/C13H17F3N2O2/c1-3-17-11-5-4-9(13(14,15)16)8-10(11)12(20)18(2)6-7-19/h4-5,8,17,19H,3,6-7H2,1-2H3. The molecule has 0 fully saturated rings. The van der Waals surface area contributed by atoms with Gasteiger partial charge in [0, 0.05) is 25.8 Å². The van der Waals surface area contributed by atoms with E-state index in [4.69, 9.17) is 5.11 Å². The minimum absolute atomic E-state index is 0.0562. The van der Waals surface area contributed by atoms with Gasteiger partial charge in [0.05, 0.1) is 17.7 Å². The number of aliphatic hydroxyl groups is 1. The monoisotopic (exact) mass is 290 g/mol. The summed E-state index contributed by atoms with van der Waals surface area (Å²) in [5, 5.41) is 11.7. The molecule has 0 saturated heterocycles. The largest absolute Gasteiger partial charge is 0.416 e. The molecule has 1 aromatic carbocycles. The van der Waals surface area contributed by atoms with Crippen LogP contribution in [-0.2, 0) is 6.18 Å². The molecule has 2 N–H and O–H groups in total. The number of benzene rings is 1. The molecule has 1 rings (SSSR count). The average molecular weight is 290 g/mol. The van der Waals surface area contributed by atoms with Crippen molar-refractivity contribution in [2.45, 2.75) is 13.1 Å². The second kappa shape index (κ2) is 6.60. The number of carbonyl (C=O) groups excluding carboxylic acids is 1. The van der Waals surface area contributed by atoms with Gasteiger partial charge in [0.2, 0.25) is 0 Å². The topological polar surface area (TPSA) is 52.6 Å². The second-order valence-electron chi connectivity index (χ2n) is 4.24. The van der Waals surface area contributed by atoms with Crippen molar-refractivity contribution in [3.8, 4) is 0 Å². The molecular formula is C13H17F3N2O2. The average Bonchev–Trinajstić information content (AvgIpc) is 2.37. The van der Waals surface area contributed by atoms with Crippen LogP contribution in [0.15, 0.2) is 18.2 Å². The SMILES string of the molecule is CCNc1ccc(C(F)(F)F)cc1C(=O)N(C)CCO. The molecule has 0 aliphatic heterocycles. The predicted octanol–water partition coefficient (Wildman–Crippen LogP) is 2.20. The van der Waals surface area contributed by atoms with Crippen molar-refractivity contribution in [2.24, 2.45) is 0 Å². The first-order valence-electron chi connectivity index (χ1n) is 6.12. The number of likely N-dealkylation sites (N-methyl/N-ethyl adjacent to an activating group) is 1. The lowest BCUT2D eigenvalue weighted by Gasteiger charge is -2.19. The maximum Gasteiger partial charge on any atom is 0.416 e. The fourth-order valence-corrected chi connectivity index (χ4v) is 1.70. The summed E-state index contributed by atoms with van der Waals surface area (Å²) < 4.78 is 38.1. The van der Waals surface area contributed by atoms with Crippen molar-refractivity contribution in [2.75, 3.05) is 32.1 Å². The van der Waals surface area contributed by atoms with Crippen molar-refractivity contribution in [3.63, 3.8) is 0 Å². The third-order valence-corrected chi connectivity index (χ3v) is 2.73. The van der Waals surface area contributed by atoms with E-state index in [2.05, 4.69) is 5.32 Å². The number of nitrogens with one attached hydrogen (secondary N) is 1. The van der Waals surface area contributed by atoms with Gasteiger partial charge < -0.3 is 15.3 Å². The highest BCUT2D eigenvalue weighted by molar-refractivity contribution is 5.99. The molecule has 0 aliphatic rings. The third-order valence-electron chi connectivity index (χ3n) is 2.73. The number of aliphatic hydroxyl groups excluding tert-OH is 1. The molecule has 0 radical (unpaired) electrons. The Morgan fingerprint density at radius 1 is 1.40 bits per heavy atom. The maximum atomic E-state index is 12.7. The van der Waals surface area contributed by atoms with Crippen LogP contribution < -0.4 is 5.32 Å². The Balaban J connectivity index is 3.21. The van der Waals surface area contributed by atoms with Gasteiger partial charge in [0.25, 0.3) is 5.91 Å². The minimum Gasteiger partial charge on any atom is -0.395 e. The highest BCUT2D eigenvalue weighted by Gasteiger charge is 2.32. The molecule has 0 spiro atoms. The van der Waals surface area contributed by atoms with Crippen LogP contribution in [0.3, 0.4) is 0 Å². The number of carbonyl (C=O) groups is 1. The lowest BCUT2D eigenvalue weighted by molar-refractivity contribution is -0.137. The molecule has 112 valence electrons. The molecule has 0 unspecified atom stereocenters. The van der Waals surface area contributed by atoms with Crippen molar-refractivity contribution in [3.05, 3.63) is 29.3 Å². The molecule has 7 heteroatoms. The quantitative estimate of drug-likeness (QED) is 0.874. The maximum absolute atomic E-state index is 12.7. The van der Waals surface area contributed by atoms with Crippen molar-refractivity contribution < 1.29 is 23.1 Å². The normalized spacial score (nSPS) is 11.3. The zero-order chi connectivity index (χ0) is 15.3. The Morgan fingerprint density at radius 2 is 2.05 bits per heavy atom. The van der Waals surface area contributed by atoms with Gasteiger partial charge >= 0.3 is 6.18 Å². The number of halogens is 3. The summed E-state index contributed by atoms with van der Waals surface area (Å²) in [5.74, 6) is -0.568. The smallest absolute Gasteiger partial charge is 0.395 e. The number of hydrogen-bond acceptors (Lipinski definition) is 3. The molecule has 1 amide bonds. The van der Waals surface area contributed by atoms with Crippen molar-refractivity contribution in [1.82, 2.24) is 4.90 Å². The van der Waals surface area contributed by atoms with Crippen LogP contribution in [-0.4, -0.2) is 42.7 Å². The van der Waals surface area contributed by atoms with Crippen LogP contribution in [0.4, 0.5) is 18.9 Å². The molecule has 0 heterocycles. The van der Waals surface area contributed by atoms with Crippen LogP contribution in [0, 0.1) is 0 Å².